The van der Waals surface area contributed by atoms with Crippen LogP contribution >= 0.6 is 85.5 Å². The van der Waals surface area contributed by atoms with E-state index in [1.165, 1.54) is 6.07 Å². The molecule has 2 N–H and O–H groups in total. The lowest BCUT2D eigenvalue weighted by Crippen LogP contribution is -2.30. The summed E-state index contributed by atoms with van der Waals surface area (Å²) in [5.41, 5.74) is 2.40. The van der Waals surface area contributed by atoms with Crippen molar-refractivity contribution >= 4 is 110 Å². The molecule has 0 saturated carbocycles. The first kappa shape index (κ1) is 39.9. The molecule has 244 valence electrons. The lowest BCUT2D eigenvalue weighted by Gasteiger charge is -2.10. The van der Waals surface area contributed by atoms with Crippen molar-refractivity contribution in [3.05, 3.63) is 94.2 Å². The van der Waals surface area contributed by atoms with Crippen molar-refractivity contribution in [2.75, 3.05) is 13.2 Å². The monoisotopic (exact) mass is 812 g/mol. The minimum absolute atomic E-state index is 0.00662. The number of carbonyl (C=O) groups excluding carboxylic acids is 2. The minimum Gasteiger partial charge on any atom is -0.461 e. The zero-order chi connectivity index (χ0) is 34.7. The van der Waals surface area contributed by atoms with E-state index < -0.39 is 19.1 Å². The van der Waals surface area contributed by atoms with Gasteiger partial charge in [-0.3, -0.25) is 0 Å². The van der Waals surface area contributed by atoms with Crippen LogP contribution in [-0.4, -0.2) is 62.3 Å². The van der Waals surface area contributed by atoms with Crippen LogP contribution < -0.4 is 5.46 Å². The Morgan fingerprint density at radius 2 is 1.22 bits per heavy atom. The lowest BCUT2D eigenvalue weighted by molar-refractivity contribution is 0.0509. The Balaban J connectivity index is 0.000000256. The van der Waals surface area contributed by atoms with Gasteiger partial charge in [0.05, 0.1) is 50.4 Å². The van der Waals surface area contributed by atoms with E-state index in [0.717, 1.165) is 0 Å². The van der Waals surface area contributed by atoms with Gasteiger partial charge < -0.3 is 19.5 Å². The lowest BCUT2D eigenvalue weighted by atomic mass is 9.80. The second-order valence-corrected chi connectivity index (χ2v) is 11.6. The third-order valence-corrected chi connectivity index (χ3v) is 8.33. The Morgan fingerprint density at radius 3 is 1.72 bits per heavy atom. The number of ether oxygens (including phenoxy) is 2. The molecule has 0 unspecified atom stereocenters. The van der Waals surface area contributed by atoms with Crippen molar-refractivity contribution in [2.24, 2.45) is 0 Å². The predicted octanol–water partition coefficient (Wildman–Crippen LogP) is 7.64. The summed E-state index contributed by atoms with van der Waals surface area (Å²) in [4.78, 5) is 39.4. The summed E-state index contributed by atoms with van der Waals surface area (Å²) in [6, 6.07) is 9.83. The molecule has 0 aliphatic heterocycles. The van der Waals surface area contributed by atoms with Gasteiger partial charge in [-0.2, -0.15) is 0 Å². The molecular formula is C28H24BBrCl6N4O6. The van der Waals surface area contributed by atoms with Crippen LogP contribution in [0.5, 0.6) is 0 Å². The number of benzene rings is 2. The maximum atomic E-state index is 11.8. The molecule has 0 spiro atoms. The quantitative estimate of drug-likeness (QED) is 0.147. The van der Waals surface area contributed by atoms with Crippen LogP contribution in [0.1, 0.15) is 46.2 Å². The van der Waals surface area contributed by atoms with Crippen molar-refractivity contribution in [1.29, 1.82) is 0 Å². The van der Waals surface area contributed by atoms with Gasteiger partial charge in [0.2, 0.25) is 0 Å². The molecule has 4 aromatic rings. The second kappa shape index (κ2) is 18.9. The molecule has 2 heterocycles. The molecule has 18 heteroatoms. The van der Waals surface area contributed by atoms with Crippen LogP contribution in [0.15, 0.2) is 41.0 Å². The Hall–Kier alpha value is -2.26. The van der Waals surface area contributed by atoms with Gasteiger partial charge in [0.1, 0.15) is 4.60 Å². The highest BCUT2D eigenvalue weighted by Crippen LogP contribution is 2.34. The van der Waals surface area contributed by atoms with E-state index in [9.17, 15) is 9.59 Å². The van der Waals surface area contributed by atoms with Crippen LogP contribution in [0.4, 0.5) is 0 Å². The van der Waals surface area contributed by atoms with E-state index in [1.54, 1.807) is 58.0 Å². The van der Waals surface area contributed by atoms with Gasteiger partial charge in [0, 0.05) is 11.0 Å². The molecule has 0 saturated heterocycles. The highest BCUT2D eigenvalue weighted by molar-refractivity contribution is 9.10. The van der Waals surface area contributed by atoms with E-state index in [2.05, 4.69) is 35.9 Å². The number of hydrogen-bond donors (Lipinski definition) is 2. The van der Waals surface area contributed by atoms with Crippen LogP contribution in [0.2, 0.25) is 30.4 Å². The molecule has 0 fully saturated rings. The number of nitrogens with zero attached hydrogens (tertiary/aromatic N) is 4. The number of hydrogen-bond acceptors (Lipinski definition) is 10. The fourth-order valence-corrected chi connectivity index (χ4v) is 4.84. The van der Waals surface area contributed by atoms with Crippen LogP contribution in [0.25, 0.3) is 11.3 Å². The summed E-state index contributed by atoms with van der Waals surface area (Å²) < 4.78 is 10.2. The smallest absolute Gasteiger partial charge is 0.461 e. The van der Waals surface area contributed by atoms with Crippen LogP contribution in [0.3, 0.4) is 0 Å². The SMILES string of the molecule is CCOC(=O)c1nc(-c2cccc(Cl)c2Cl)c(C)nc1Cl.CCOC(=O)c1nc(Br)c(C)nc1Cl.OB(O)c1cccc(Cl)c1Cl. The predicted molar refractivity (Wildman–Crippen MR) is 185 cm³/mol. The second-order valence-electron chi connectivity index (χ2n) is 8.60. The molecule has 46 heavy (non-hydrogen) atoms. The van der Waals surface area contributed by atoms with Gasteiger partial charge in [0.25, 0.3) is 0 Å². The summed E-state index contributed by atoms with van der Waals surface area (Å²) in [6.45, 7) is 7.36. The zero-order valence-corrected chi connectivity index (χ0v) is 30.5. The summed E-state index contributed by atoms with van der Waals surface area (Å²) in [5, 5.41) is 18.8. The highest BCUT2D eigenvalue weighted by Gasteiger charge is 2.21. The molecule has 10 nitrogen and oxygen atoms in total. The van der Waals surface area contributed by atoms with Gasteiger partial charge in [0.15, 0.2) is 21.7 Å². The zero-order valence-electron chi connectivity index (χ0n) is 24.4. The average molecular weight is 816 g/mol. The molecule has 0 radical (unpaired) electrons. The standard InChI is InChI=1S/C14H11Cl3N2O2.C8H8BrClN2O2.C6H5BCl2O2/c1-3-21-14(20)12-13(17)18-7(2)11(19-12)8-5-4-6-9(15)10(8)16;1-3-14-8(13)5-7(10)11-4(2)6(9)12-5;8-5-3-1-2-4(6(5)9)7(10)11/h4-6H,3H2,1-2H3;3H2,1-2H3;1-3,10-11H. The van der Waals surface area contributed by atoms with Crippen LogP contribution in [0, 0.1) is 13.8 Å². The third-order valence-electron chi connectivity index (χ3n) is 5.40. The van der Waals surface area contributed by atoms with E-state index in [-0.39, 0.29) is 45.4 Å². The van der Waals surface area contributed by atoms with Crippen molar-refractivity contribution < 1.29 is 29.1 Å². The Bertz CT molecular complexity index is 1720. The topological polar surface area (TPSA) is 145 Å². The maximum absolute atomic E-state index is 11.8. The number of aryl methyl sites for hydroxylation is 2. The molecule has 4 rings (SSSR count). The number of carbonyl (C=O) groups is 2. The Kier molecular flexibility index (Phi) is 16.4. The number of esters is 2. The average Bonchev–Trinajstić information content (AvgIpc) is 2.99. The Labute approximate surface area is 303 Å². The molecule has 0 atom stereocenters. The molecule has 0 bridgehead atoms. The molecule has 2 aromatic carbocycles. The summed E-state index contributed by atoms with van der Waals surface area (Å²) >= 11 is 38.3. The van der Waals surface area contributed by atoms with Gasteiger partial charge in [-0.25, -0.2) is 29.5 Å². The van der Waals surface area contributed by atoms with Crippen molar-refractivity contribution in [1.82, 2.24) is 19.9 Å². The van der Waals surface area contributed by atoms with Gasteiger partial charge in [-0.15, -0.1) is 0 Å². The molecule has 0 amide bonds. The first-order valence-electron chi connectivity index (χ1n) is 13.0. The van der Waals surface area contributed by atoms with Gasteiger partial charge in [-0.05, 0) is 55.8 Å². The third kappa shape index (κ3) is 10.9. The molecular weight excluding hydrogens is 792 g/mol. The molecule has 0 aliphatic rings. The van der Waals surface area contributed by atoms with Crippen molar-refractivity contribution in [3.63, 3.8) is 0 Å². The largest absolute Gasteiger partial charge is 0.490 e. The van der Waals surface area contributed by atoms with E-state index in [0.29, 0.717) is 42.3 Å². The maximum Gasteiger partial charge on any atom is 0.490 e. The summed E-state index contributed by atoms with van der Waals surface area (Å²) in [5.74, 6) is -1.19. The van der Waals surface area contributed by atoms with Gasteiger partial charge in [-0.1, -0.05) is 93.9 Å². The van der Waals surface area contributed by atoms with E-state index in [1.807, 2.05) is 0 Å². The summed E-state index contributed by atoms with van der Waals surface area (Å²) in [6.07, 6.45) is 0. The van der Waals surface area contributed by atoms with E-state index >= 15 is 0 Å². The van der Waals surface area contributed by atoms with E-state index in [4.69, 9.17) is 89.1 Å². The number of aromatic nitrogens is 4. The normalized spacial score (nSPS) is 10.2. The first-order chi connectivity index (χ1) is 21.6. The summed E-state index contributed by atoms with van der Waals surface area (Å²) in [7, 11) is -1.57. The Morgan fingerprint density at radius 1 is 0.739 bits per heavy atom. The fraction of sp³-hybridized carbons (Fsp3) is 0.214. The minimum atomic E-state index is -1.57. The highest BCUT2D eigenvalue weighted by atomic mass is 79.9. The fourth-order valence-electron chi connectivity index (χ4n) is 3.28. The van der Waals surface area contributed by atoms with Crippen LogP contribution in [-0.2, 0) is 9.47 Å². The van der Waals surface area contributed by atoms with Gasteiger partial charge >= 0.3 is 19.1 Å². The van der Waals surface area contributed by atoms with Crippen molar-refractivity contribution in [2.45, 2.75) is 27.7 Å². The number of rotatable bonds is 6. The molecule has 0 aliphatic carbocycles. The molecule has 2 aromatic heterocycles. The number of halogens is 7. The van der Waals surface area contributed by atoms with Crippen molar-refractivity contribution in [3.8, 4) is 11.3 Å². The first-order valence-corrected chi connectivity index (χ1v) is 16.0.